The molecule has 0 fully saturated rings. The number of alkyl halides is 1. The van der Waals surface area contributed by atoms with Crippen LogP contribution in [0.4, 0.5) is 5.69 Å². The van der Waals surface area contributed by atoms with Crippen LogP contribution in [0.5, 0.6) is 5.75 Å². The van der Waals surface area contributed by atoms with Crippen LogP contribution >= 0.6 is 11.6 Å². The summed E-state index contributed by atoms with van der Waals surface area (Å²) in [6, 6.07) is 7.07. The molecule has 112 valence electrons. The van der Waals surface area contributed by atoms with Gasteiger partial charge in [-0.25, -0.2) is 9.89 Å². The van der Waals surface area contributed by atoms with E-state index < -0.39 is 5.69 Å². The van der Waals surface area contributed by atoms with Crippen LogP contribution in [0.1, 0.15) is 12.2 Å². The number of amides is 1. The molecule has 2 N–H and O–H groups in total. The van der Waals surface area contributed by atoms with Gasteiger partial charge in [-0.1, -0.05) is 6.07 Å². The molecule has 0 aliphatic heterocycles. The highest BCUT2D eigenvalue weighted by Crippen LogP contribution is 2.22. The summed E-state index contributed by atoms with van der Waals surface area (Å²) < 4.78 is 5.16. The molecule has 0 unspecified atom stereocenters. The summed E-state index contributed by atoms with van der Waals surface area (Å²) in [4.78, 5) is 27.3. The van der Waals surface area contributed by atoms with E-state index in [0.29, 0.717) is 17.3 Å². The van der Waals surface area contributed by atoms with Gasteiger partial charge in [0.1, 0.15) is 5.75 Å². The van der Waals surface area contributed by atoms with Crippen molar-refractivity contribution in [1.82, 2.24) is 15.2 Å². The highest BCUT2D eigenvalue weighted by atomic mass is 35.5. The van der Waals surface area contributed by atoms with E-state index in [2.05, 4.69) is 15.2 Å². The van der Waals surface area contributed by atoms with E-state index in [1.165, 1.54) is 4.90 Å². The smallest absolute Gasteiger partial charge is 0.340 e. The third kappa shape index (κ3) is 3.85. The molecule has 1 aromatic heterocycles. The van der Waals surface area contributed by atoms with Crippen molar-refractivity contribution in [3.8, 4) is 5.75 Å². The number of carbonyl (C=O) groups excluding carboxylic acids is 1. The first-order chi connectivity index (χ1) is 10.1. The number of H-pyrrole nitrogens is 2. The molecule has 2 rings (SSSR count). The Balaban J connectivity index is 2.30. The summed E-state index contributed by atoms with van der Waals surface area (Å²) >= 11 is 5.64. The van der Waals surface area contributed by atoms with Crippen LogP contribution in [0.2, 0.25) is 0 Å². The maximum Gasteiger partial charge on any atom is 0.340 e. The molecule has 1 amide bonds. The second-order valence-electron chi connectivity index (χ2n) is 4.24. The zero-order valence-electron chi connectivity index (χ0n) is 11.4. The van der Waals surface area contributed by atoms with Gasteiger partial charge < -0.3 is 9.64 Å². The van der Waals surface area contributed by atoms with Crippen LogP contribution in [0.3, 0.4) is 0 Å². The number of halogens is 1. The van der Waals surface area contributed by atoms with Crippen molar-refractivity contribution in [2.45, 2.75) is 13.0 Å². The highest BCUT2D eigenvalue weighted by Gasteiger charge is 2.17. The average molecular weight is 311 g/mol. The van der Waals surface area contributed by atoms with Gasteiger partial charge in [0.05, 0.1) is 13.7 Å². The molecule has 0 radical (unpaired) electrons. The lowest BCUT2D eigenvalue weighted by Crippen LogP contribution is -2.31. The lowest BCUT2D eigenvalue weighted by Gasteiger charge is -2.21. The molecule has 0 saturated heterocycles. The minimum Gasteiger partial charge on any atom is -0.497 e. The lowest BCUT2D eigenvalue weighted by atomic mass is 10.2. The third-order valence-corrected chi connectivity index (χ3v) is 3.02. The fourth-order valence-corrected chi connectivity index (χ4v) is 2.01. The number of rotatable bonds is 6. The van der Waals surface area contributed by atoms with Crippen LogP contribution in [-0.2, 0) is 11.3 Å². The summed E-state index contributed by atoms with van der Waals surface area (Å²) in [5.41, 5.74) is 0.230. The fraction of sp³-hybridized carbons (Fsp3) is 0.308. The van der Waals surface area contributed by atoms with Crippen molar-refractivity contribution < 1.29 is 9.53 Å². The first-order valence-corrected chi connectivity index (χ1v) is 6.81. The van der Waals surface area contributed by atoms with E-state index in [4.69, 9.17) is 16.3 Å². The topological polar surface area (TPSA) is 91.1 Å². The van der Waals surface area contributed by atoms with E-state index in [1.807, 2.05) is 0 Å². The SMILES string of the molecule is COc1cccc(N(Cc2n[nH]c(=O)[nH]2)C(=O)CCCl)c1. The zero-order chi connectivity index (χ0) is 15.2. The van der Waals surface area contributed by atoms with E-state index in [-0.39, 0.29) is 24.8 Å². The minimum atomic E-state index is -0.416. The van der Waals surface area contributed by atoms with E-state index in [9.17, 15) is 9.59 Å². The van der Waals surface area contributed by atoms with Crippen molar-refractivity contribution >= 4 is 23.2 Å². The summed E-state index contributed by atoms with van der Waals surface area (Å²) in [5.74, 6) is 1.05. The first-order valence-electron chi connectivity index (χ1n) is 6.28. The number of nitrogens with zero attached hydrogens (tertiary/aromatic N) is 2. The Morgan fingerprint density at radius 1 is 1.48 bits per heavy atom. The number of anilines is 1. The number of hydrogen-bond acceptors (Lipinski definition) is 4. The average Bonchev–Trinajstić information content (AvgIpc) is 2.90. The normalized spacial score (nSPS) is 10.4. The van der Waals surface area contributed by atoms with E-state index >= 15 is 0 Å². The molecule has 2 aromatic rings. The van der Waals surface area contributed by atoms with Crippen molar-refractivity contribution in [2.24, 2.45) is 0 Å². The van der Waals surface area contributed by atoms with Gasteiger partial charge in [-0.05, 0) is 12.1 Å². The third-order valence-electron chi connectivity index (χ3n) is 2.83. The van der Waals surface area contributed by atoms with Gasteiger partial charge >= 0.3 is 5.69 Å². The lowest BCUT2D eigenvalue weighted by molar-refractivity contribution is -0.118. The molecule has 21 heavy (non-hydrogen) atoms. The maximum atomic E-state index is 12.2. The summed E-state index contributed by atoms with van der Waals surface area (Å²) in [5, 5.41) is 6.08. The molecular weight excluding hydrogens is 296 g/mol. The fourth-order valence-electron chi connectivity index (χ4n) is 1.85. The standard InChI is InChI=1S/C13H15ClN4O3/c1-21-10-4-2-3-9(7-10)18(12(19)5-6-14)8-11-15-13(20)17-16-11/h2-4,7H,5-6,8H2,1H3,(H2,15,16,17,20). The molecule has 0 aliphatic carbocycles. The van der Waals surface area contributed by atoms with Gasteiger partial charge in [-0.3, -0.25) is 9.78 Å². The molecule has 0 saturated carbocycles. The highest BCUT2D eigenvalue weighted by molar-refractivity contribution is 6.19. The number of aromatic nitrogens is 3. The molecular formula is C13H15ClN4O3. The van der Waals surface area contributed by atoms with Gasteiger partial charge in [-0.15, -0.1) is 11.6 Å². The van der Waals surface area contributed by atoms with Crippen LogP contribution in [-0.4, -0.2) is 34.1 Å². The molecule has 1 aromatic carbocycles. The van der Waals surface area contributed by atoms with E-state index in [1.54, 1.807) is 31.4 Å². The molecule has 1 heterocycles. The van der Waals surface area contributed by atoms with Gasteiger partial charge in [0.2, 0.25) is 5.91 Å². The monoisotopic (exact) mass is 310 g/mol. The van der Waals surface area contributed by atoms with Crippen molar-refractivity contribution in [2.75, 3.05) is 17.9 Å². The van der Waals surface area contributed by atoms with Crippen molar-refractivity contribution in [1.29, 1.82) is 0 Å². The predicted octanol–water partition coefficient (Wildman–Crippen LogP) is 1.27. The van der Waals surface area contributed by atoms with Crippen LogP contribution in [0.15, 0.2) is 29.1 Å². The summed E-state index contributed by atoms with van der Waals surface area (Å²) in [7, 11) is 1.55. The van der Waals surface area contributed by atoms with Gasteiger partial charge in [0.15, 0.2) is 5.82 Å². The molecule has 0 spiro atoms. The number of nitrogens with one attached hydrogen (secondary N) is 2. The largest absolute Gasteiger partial charge is 0.497 e. The van der Waals surface area contributed by atoms with Gasteiger partial charge in [0.25, 0.3) is 0 Å². The Bertz CT molecular complexity index is 667. The number of aromatic amines is 2. The summed E-state index contributed by atoms with van der Waals surface area (Å²) in [6.07, 6.45) is 0.188. The molecule has 0 aliphatic rings. The van der Waals surface area contributed by atoms with Gasteiger partial charge in [0, 0.05) is 24.1 Å². The first kappa shape index (κ1) is 15.1. The Kier molecular flexibility index (Phi) is 4.99. The Morgan fingerprint density at radius 2 is 2.29 bits per heavy atom. The Morgan fingerprint density at radius 3 is 2.90 bits per heavy atom. The van der Waals surface area contributed by atoms with Gasteiger partial charge in [-0.2, -0.15) is 5.10 Å². The second kappa shape index (κ2) is 6.94. The molecule has 7 nitrogen and oxygen atoms in total. The number of benzene rings is 1. The molecule has 0 atom stereocenters. The predicted molar refractivity (Wildman–Crippen MR) is 78.7 cm³/mol. The van der Waals surface area contributed by atoms with E-state index in [0.717, 1.165) is 0 Å². The molecule has 8 heteroatoms. The van der Waals surface area contributed by atoms with Crippen molar-refractivity contribution in [3.05, 3.63) is 40.6 Å². The minimum absolute atomic E-state index is 0.141. The number of hydrogen-bond donors (Lipinski definition) is 2. The summed E-state index contributed by atoms with van der Waals surface area (Å²) in [6.45, 7) is 0.141. The maximum absolute atomic E-state index is 12.2. The van der Waals surface area contributed by atoms with Crippen LogP contribution < -0.4 is 15.3 Å². The van der Waals surface area contributed by atoms with Crippen LogP contribution in [0, 0.1) is 0 Å². The quantitative estimate of drug-likeness (QED) is 0.786. The second-order valence-corrected chi connectivity index (χ2v) is 4.62. The molecule has 0 bridgehead atoms. The Labute approximate surface area is 125 Å². The number of methoxy groups -OCH3 is 1. The van der Waals surface area contributed by atoms with Crippen LogP contribution in [0.25, 0.3) is 0 Å². The number of carbonyl (C=O) groups is 1. The number of ether oxygens (including phenoxy) is 1. The van der Waals surface area contributed by atoms with Crippen molar-refractivity contribution in [3.63, 3.8) is 0 Å². The zero-order valence-corrected chi connectivity index (χ0v) is 12.2. The Hall–Kier alpha value is -2.28.